The molecular formula is C19H24N4O2. The van der Waals surface area contributed by atoms with Gasteiger partial charge in [-0.15, -0.1) is 0 Å². The molecule has 0 bridgehead atoms. The quantitative estimate of drug-likeness (QED) is 0.848. The maximum Gasteiger partial charge on any atom is 0.246 e. The minimum absolute atomic E-state index is 0.00555. The number of nitrogens with zero attached hydrogens (tertiary/aromatic N) is 2. The van der Waals surface area contributed by atoms with E-state index in [0.717, 1.165) is 36.9 Å². The molecule has 1 saturated carbocycles. The van der Waals surface area contributed by atoms with Gasteiger partial charge in [0.1, 0.15) is 6.04 Å². The number of aromatic nitrogens is 2. The fourth-order valence-electron chi connectivity index (χ4n) is 3.17. The van der Waals surface area contributed by atoms with Crippen molar-refractivity contribution in [2.75, 3.05) is 5.32 Å². The van der Waals surface area contributed by atoms with Gasteiger partial charge in [0.2, 0.25) is 11.8 Å². The van der Waals surface area contributed by atoms with Gasteiger partial charge in [-0.05, 0) is 37.5 Å². The van der Waals surface area contributed by atoms with Crippen molar-refractivity contribution in [2.24, 2.45) is 5.92 Å². The summed E-state index contributed by atoms with van der Waals surface area (Å²) in [7, 11) is 0. The Labute approximate surface area is 147 Å². The van der Waals surface area contributed by atoms with Crippen LogP contribution in [-0.2, 0) is 16.1 Å². The van der Waals surface area contributed by atoms with Crippen molar-refractivity contribution in [3.8, 4) is 0 Å². The van der Waals surface area contributed by atoms with E-state index >= 15 is 0 Å². The average molecular weight is 340 g/mol. The summed E-state index contributed by atoms with van der Waals surface area (Å²) in [5.41, 5.74) is 1.79. The summed E-state index contributed by atoms with van der Waals surface area (Å²) in [4.78, 5) is 28.5. The lowest BCUT2D eigenvalue weighted by atomic mass is 10.1. The van der Waals surface area contributed by atoms with Crippen LogP contribution >= 0.6 is 0 Å². The molecule has 1 fully saturated rings. The highest BCUT2D eigenvalue weighted by atomic mass is 16.2. The van der Waals surface area contributed by atoms with Gasteiger partial charge in [0.15, 0.2) is 0 Å². The van der Waals surface area contributed by atoms with Gasteiger partial charge in [-0.25, -0.2) is 4.98 Å². The van der Waals surface area contributed by atoms with E-state index in [9.17, 15) is 9.59 Å². The number of rotatable bonds is 6. The molecule has 1 heterocycles. The molecule has 6 heteroatoms. The van der Waals surface area contributed by atoms with Crippen LogP contribution in [0, 0.1) is 5.92 Å². The van der Waals surface area contributed by atoms with E-state index < -0.39 is 6.04 Å². The highest BCUT2D eigenvalue weighted by Crippen LogP contribution is 2.24. The minimum Gasteiger partial charge on any atom is -0.344 e. The van der Waals surface area contributed by atoms with Crippen LogP contribution in [0.5, 0.6) is 0 Å². The van der Waals surface area contributed by atoms with E-state index in [0.29, 0.717) is 6.54 Å². The van der Waals surface area contributed by atoms with Crippen LogP contribution in [-0.4, -0.2) is 27.4 Å². The van der Waals surface area contributed by atoms with Crippen LogP contribution in [0.4, 0.5) is 5.69 Å². The molecule has 2 aromatic rings. The molecule has 1 aliphatic carbocycles. The molecule has 2 amide bonds. The fraction of sp³-hybridized carbons (Fsp3) is 0.421. The second-order valence-corrected chi connectivity index (χ2v) is 6.64. The first-order valence-electron chi connectivity index (χ1n) is 8.78. The predicted molar refractivity (Wildman–Crippen MR) is 96.0 cm³/mol. The highest BCUT2D eigenvalue weighted by Gasteiger charge is 2.25. The first kappa shape index (κ1) is 17.2. The number of carbonyl (C=O) groups excluding carboxylic acids is 2. The molecule has 1 aromatic heterocycles. The minimum atomic E-state index is -0.551. The van der Waals surface area contributed by atoms with Crippen LogP contribution in [0.3, 0.4) is 0 Å². The van der Waals surface area contributed by atoms with Crippen LogP contribution in [0.25, 0.3) is 0 Å². The largest absolute Gasteiger partial charge is 0.344 e. The molecule has 6 nitrogen and oxygen atoms in total. The molecule has 2 N–H and O–H groups in total. The molecule has 0 saturated heterocycles. The van der Waals surface area contributed by atoms with Crippen LogP contribution in [0.15, 0.2) is 43.0 Å². The fourth-order valence-corrected chi connectivity index (χ4v) is 3.17. The number of anilines is 1. The van der Waals surface area contributed by atoms with Crippen molar-refractivity contribution < 1.29 is 9.59 Å². The first-order valence-corrected chi connectivity index (χ1v) is 8.78. The van der Waals surface area contributed by atoms with Crippen molar-refractivity contribution >= 4 is 17.5 Å². The number of amides is 2. The second kappa shape index (κ2) is 7.96. The Hall–Kier alpha value is -2.63. The Kier molecular flexibility index (Phi) is 5.48. The summed E-state index contributed by atoms with van der Waals surface area (Å²) in [6.45, 7) is 2.41. The van der Waals surface area contributed by atoms with Gasteiger partial charge >= 0.3 is 0 Å². The maximum atomic E-state index is 12.4. The van der Waals surface area contributed by atoms with E-state index in [1.165, 1.54) is 0 Å². The number of imidazole rings is 1. The Morgan fingerprint density at radius 1 is 1.32 bits per heavy atom. The van der Waals surface area contributed by atoms with Crippen molar-refractivity contribution in [3.63, 3.8) is 0 Å². The highest BCUT2D eigenvalue weighted by molar-refractivity contribution is 5.97. The molecule has 1 atom stereocenters. The number of hydrogen-bond donors (Lipinski definition) is 2. The van der Waals surface area contributed by atoms with Crippen molar-refractivity contribution in [1.29, 1.82) is 0 Å². The summed E-state index contributed by atoms with van der Waals surface area (Å²) >= 11 is 0. The molecule has 0 aliphatic heterocycles. The summed E-state index contributed by atoms with van der Waals surface area (Å²) < 4.78 is 1.96. The zero-order chi connectivity index (χ0) is 17.6. The number of benzene rings is 1. The monoisotopic (exact) mass is 340 g/mol. The normalized spacial score (nSPS) is 15.7. The first-order chi connectivity index (χ1) is 12.1. The van der Waals surface area contributed by atoms with Crippen molar-refractivity contribution in [1.82, 2.24) is 14.9 Å². The smallest absolute Gasteiger partial charge is 0.246 e. The van der Waals surface area contributed by atoms with Crippen molar-refractivity contribution in [3.05, 3.63) is 48.5 Å². The second-order valence-electron chi connectivity index (χ2n) is 6.64. The van der Waals surface area contributed by atoms with Gasteiger partial charge in [-0.2, -0.15) is 0 Å². The molecule has 132 valence electrons. The number of hydrogen-bond acceptors (Lipinski definition) is 3. The third-order valence-corrected chi connectivity index (χ3v) is 4.60. The number of nitrogens with one attached hydrogen (secondary N) is 2. The predicted octanol–water partition coefficient (Wildman–Crippen LogP) is 2.56. The Bertz CT molecular complexity index is 721. The van der Waals surface area contributed by atoms with Gasteiger partial charge in [0, 0.05) is 30.5 Å². The summed E-state index contributed by atoms with van der Waals surface area (Å²) in [6, 6.07) is 7.14. The van der Waals surface area contributed by atoms with Crippen LogP contribution in [0.2, 0.25) is 0 Å². The van der Waals surface area contributed by atoms with E-state index in [-0.39, 0.29) is 17.7 Å². The average Bonchev–Trinajstić information content (AvgIpc) is 3.28. The van der Waals surface area contributed by atoms with Gasteiger partial charge < -0.3 is 15.2 Å². The van der Waals surface area contributed by atoms with Gasteiger partial charge in [-0.1, -0.05) is 25.0 Å². The lowest BCUT2D eigenvalue weighted by Crippen LogP contribution is -2.43. The Morgan fingerprint density at radius 2 is 2.12 bits per heavy atom. The Morgan fingerprint density at radius 3 is 2.84 bits per heavy atom. The topological polar surface area (TPSA) is 76.0 Å². The zero-order valence-corrected chi connectivity index (χ0v) is 14.4. The molecule has 3 rings (SSSR count). The molecule has 25 heavy (non-hydrogen) atoms. The summed E-state index contributed by atoms with van der Waals surface area (Å²) in [5.74, 6) is -0.145. The van der Waals surface area contributed by atoms with E-state index in [1.807, 2.05) is 35.0 Å². The molecule has 0 radical (unpaired) electrons. The summed E-state index contributed by atoms with van der Waals surface area (Å²) in [6.07, 6.45) is 9.44. The third-order valence-electron chi connectivity index (χ3n) is 4.60. The third kappa shape index (κ3) is 4.68. The standard InChI is InChI=1S/C19H24N4O2/c1-14(21-19(25)16-6-2-3-7-16)18(24)22-17-8-4-5-15(11-17)12-23-10-9-20-13-23/h4-5,8-11,13-14,16H,2-3,6-7,12H2,1H3,(H,21,25)(H,22,24). The van der Waals surface area contributed by atoms with E-state index in [4.69, 9.17) is 0 Å². The lowest BCUT2D eigenvalue weighted by Gasteiger charge is -2.17. The van der Waals surface area contributed by atoms with Gasteiger partial charge in [0.05, 0.1) is 6.33 Å². The summed E-state index contributed by atoms with van der Waals surface area (Å²) in [5, 5.41) is 5.71. The SMILES string of the molecule is CC(NC(=O)C1CCCC1)C(=O)Nc1cccc(Cn2ccnc2)c1. The molecule has 1 aromatic carbocycles. The molecule has 1 unspecified atom stereocenters. The van der Waals surface area contributed by atoms with Crippen molar-refractivity contribution in [2.45, 2.75) is 45.2 Å². The van der Waals surface area contributed by atoms with E-state index in [1.54, 1.807) is 19.4 Å². The molecular weight excluding hydrogens is 316 g/mol. The van der Waals surface area contributed by atoms with E-state index in [2.05, 4.69) is 15.6 Å². The zero-order valence-electron chi connectivity index (χ0n) is 14.4. The number of carbonyl (C=O) groups is 2. The maximum absolute atomic E-state index is 12.4. The molecule has 1 aliphatic rings. The van der Waals surface area contributed by atoms with Gasteiger partial charge in [0.25, 0.3) is 0 Å². The lowest BCUT2D eigenvalue weighted by molar-refractivity contribution is -0.128. The Balaban J connectivity index is 1.55. The van der Waals surface area contributed by atoms with Crippen LogP contribution in [0.1, 0.15) is 38.2 Å². The van der Waals surface area contributed by atoms with Gasteiger partial charge in [-0.3, -0.25) is 9.59 Å². The molecule has 0 spiro atoms. The van der Waals surface area contributed by atoms with Crippen LogP contribution < -0.4 is 10.6 Å².